The van der Waals surface area contributed by atoms with Crippen molar-refractivity contribution < 1.29 is 14.3 Å². The molecule has 1 aliphatic carbocycles. The molecule has 1 saturated carbocycles. The van der Waals surface area contributed by atoms with Crippen LogP contribution in [0.5, 0.6) is 11.5 Å². The zero-order valence-electron chi connectivity index (χ0n) is 15.3. The molecular weight excluding hydrogens is 340 g/mol. The van der Waals surface area contributed by atoms with Gasteiger partial charge in [-0.1, -0.05) is 25.3 Å². The van der Waals surface area contributed by atoms with E-state index in [1.165, 1.54) is 12.0 Å². The molecule has 1 aromatic rings. The van der Waals surface area contributed by atoms with E-state index in [0.29, 0.717) is 13.2 Å². The lowest BCUT2D eigenvalue weighted by Gasteiger charge is -2.31. The molecule has 1 aromatic carbocycles. The lowest BCUT2D eigenvalue weighted by Crippen LogP contribution is -2.55. The molecule has 3 N–H and O–H groups in total. The summed E-state index contributed by atoms with van der Waals surface area (Å²) in [4.78, 5) is 12.3. The Bertz CT molecular complexity index is 545. The van der Waals surface area contributed by atoms with Crippen molar-refractivity contribution in [3.05, 3.63) is 23.8 Å². The first-order valence-corrected chi connectivity index (χ1v) is 8.96. The maximum absolute atomic E-state index is 12.3. The summed E-state index contributed by atoms with van der Waals surface area (Å²) in [7, 11) is 1.64. The van der Waals surface area contributed by atoms with Gasteiger partial charge in [0.15, 0.2) is 11.5 Å². The lowest BCUT2D eigenvalue weighted by molar-refractivity contribution is -0.127. The van der Waals surface area contributed by atoms with E-state index in [9.17, 15) is 4.79 Å². The van der Waals surface area contributed by atoms with E-state index >= 15 is 0 Å². The highest BCUT2D eigenvalue weighted by atomic mass is 35.5. The first-order valence-electron chi connectivity index (χ1n) is 8.96. The molecule has 0 atom stereocenters. The molecule has 1 aliphatic rings. The molecule has 0 spiro atoms. The van der Waals surface area contributed by atoms with Crippen molar-refractivity contribution in [1.29, 1.82) is 0 Å². The Balaban J connectivity index is 0.00000312. The second-order valence-corrected chi connectivity index (χ2v) is 6.49. The van der Waals surface area contributed by atoms with Gasteiger partial charge in [-0.15, -0.1) is 12.4 Å². The monoisotopic (exact) mass is 370 g/mol. The van der Waals surface area contributed by atoms with Crippen molar-refractivity contribution >= 4 is 18.3 Å². The van der Waals surface area contributed by atoms with E-state index in [1.807, 2.05) is 25.1 Å². The van der Waals surface area contributed by atoms with Crippen molar-refractivity contribution in [2.75, 3.05) is 20.3 Å². The summed E-state index contributed by atoms with van der Waals surface area (Å²) < 4.78 is 10.9. The highest BCUT2D eigenvalue weighted by Crippen LogP contribution is 2.28. The van der Waals surface area contributed by atoms with Gasteiger partial charge in [0.1, 0.15) is 0 Å². The fraction of sp³-hybridized carbons (Fsp3) is 0.632. The molecule has 0 aliphatic heterocycles. The van der Waals surface area contributed by atoms with Crippen LogP contribution in [0.25, 0.3) is 0 Å². The predicted molar refractivity (Wildman–Crippen MR) is 103 cm³/mol. The summed E-state index contributed by atoms with van der Waals surface area (Å²) in [5.74, 6) is 1.52. The van der Waals surface area contributed by atoms with E-state index in [2.05, 4.69) is 5.32 Å². The molecule has 0 bridgehead atoms. The zero-order valence-corrected chi connectivity index (χ0v) is 16.1. The van der Waals surface area contributed by atoms with Crippen LogP contribution < -0.4 is 20.5 Å². The molecule has 0 saturated heterocycles. The average Bonchev–Trinajstić information content (AvgIpc) is 2.59. The normalized spacial score (nSPS) is 15.8. The van der Waals surface area contributed by atoms with Crippen molar-refractivity contribution in [3.63, 3.8) is 0 Å². The van der Waals surface area contributed by atoms with Crippen LogP contribution in [-0.2, 0) is 11.2 Å². The van der Waals surface area contributed by atoms with Crippen molar-refractivity contribution in [2.45, 2.75) is 57.4 Å². The largest absolute Gasteiger partial charge is 0.493 e. The summed E-state index contributed by atoms with van der Waals surface area (Å²) in [6, 6.07) is 5.97. The van der Waals surface area contributed by atoms with Crippen LogP contribution in [0.1, 0.15) is 51.0 Å². The molecule has 0 radical (unpaired) electrons. The molecular formula is C19H31ClN2O3. The number of amides is 1. The van der Waals surface area contributed by atoms with Gasteiger partial charge >= 0.3 is 0 Å². The van der Waals surface area contributed by atoms with Crippen LogP contribution in [-0.4, -0.2) is 31.7 Å². The number of carbonyl (C=O) groups excluding carboxylic acids is 1. The van der Waals surface area contributed by atoms with Gasteiger partial charge in [0.25, 0.3) is 0 Å². The summed E-state index contributed by atoms with van der Waals surface area (Å²) in [6.07, 6.45) is 6.64. The Morgan fingerprint density at radius 3 is 2.60 bits per heavy atom. The van der Waals surface area contributed by atoms with Crippen LogP contribution >= 0.6 is 12.4 Å². The van der Waals surface area contributed by atoms with E-state index in [1.54, 1.807) is 7.11 Å². The van der Waals surface area contributed by atoms with Crippen molar-refractivity contribution in [2.24, 2.45) is 5.73 Å². The molecule has 6 heteroatoms. The number of nitrogens with one attached hydrogen (secondary N) is 1. The van der Waals surface area contributed by atoms with Gasteiger partial charge in [0.05, 0.1) is 19.3 Å². The minimum Gasteiger partial charge on any atom is -0.493 e. The Kier molecular flexibility index (Phi) is 9.08. The maximum Gasteiger partial charge on any atom is 0.240 e. The van der Waals surface area contributed by atoms with Gasteiger partial charge in [0, 0.05) is 6.54 Å². The Hall–Kier alpha value is -1.46. The SMILES string of the molecule is CCOc1cc(CCCNC(=O)C2(N)CCCCC2)ccc1OC.Cl. The van der Waals surface area contributed by atoms with Gasteiger partial charge in [-0.3, -0.25) is 4.79 Å². The first kappa shape index (κ1) is 21.6. The molecule has 5 nitrogen and oxygen atoms in total. The average molecular weight is 371 g/mol. The van der Waals surface area contributed by atoms with Crippen LogP contribution in [0.15, 0.2) is 18.2 Å². The third kappa shape index (κ3) is 6.08. The van der Waals surface area contributed by atoms with Gasteiger partial charge in [-0.05, 0) is 50.3 Å². The molecule has 0 aromatic heterocycles. The van der Waals surface area contributed by atoms with E-state index in [0.717, 1.165) is 50.0 Å². The minimum atomic E-state index is -0.652. The van der Waals surface area contributed by atoms with Crippen LogP contribution in [0.3, 0.4) is 0 Å². The Morgan fingerprint density at radius 1 is 1.24 bits per heavy atom. The number of hydrogen-bond acceptors (Lipinski definition) is 4. The summed E-state index contributed by atoms with van der Waals surface area (Å²) in [6.45, 7) is 3.21. The van der Waals surface area contributed by atoms with Crippen LogP contribution in [0.4, 0.5) is 0 Å². The number of rotatable bonds is 8. The van der Waals surface area contributed by atoms with E-state index in [-0.39, 0.29) is 18.3 Å². The Labute approximate surface area is 157 Å². The smallest absolute Gasteiger partial charge is 0.240 e. The quantitative estimate of drug-likeness (QED) is 0.689. The van der Waals surface area contributed by atoms with Crippen LogP contribution in [0, 0.1) is 0 Å². The highest BCUT2D eigenvalue weighted by molar-refractivity contribution is 5.86. The number of methoxy groups -OCH3 is 1. The second-order valence-electron chi connectivity index (χ2n) is 6.49. The molecule has 1 amide bonds. The fourth-order valence-electron chi connectivity index (χ4n) is 3.23. The number of hydrogen-bond donors (Lipinski definition) is 2. The first-order chi connectivity index (χ1) is 11.6. The number of aryl methyl sites for hydroxylation is 1. The number of carbonyl (C=O) groups is 1. The number of ether oxygens (including phenoxy) is 2. The molecule has 142 valence electrons. The number of benzene rings is 1. The van der Waals surface area contributed by atoms with E-state index in [4.69, 9.17) is 15.2 Å². The molecule has 2 rings (SSSR count). The van der Waals surface area contributed by atoms with Gasteiger partial charge < -0.3 is 20.5 Å². The topological polar surface area (TPSA) is 73.6 Å². The van der Waals surface area contributed by atoms with Gasteiger partial charge in [0.2, 0.25) is 5.91 Å². The standard InChI is InChI=1S/C19H30N2O3.ClH/c1-3-24-17-14-15(9-10-16(17)23-2)8-7-13-21-18(22)19(20)11-5-4-6-12-19;/h9-10,14H,3-8,11-13,20H2,1-2H3,(H,21,22);1H. The molecule has 25 heavy (non-hydrogen) atoms. The van der Waals surface area contributed by atoms with Gasteiger partial charge in [-0.25, -0.2) is 0 Å². The van der Waals surface area contributed by atoms with Crippen molar-refractivity contribution in [3.8, 4) is 11.5 Å². The summed E-state index contributed by atoms with van der Waals surface area (Å²) in [5, 5.41) is 3.01. The predicted octanol–water partition coefficient (Wildman–Crippen LogP) is 3.23. The van der Waals surface area contributed by atoms with Crippen molar-refractivity contribution in [1.82, 2.24) is 5.32 Å². The lowest BCUT2D eigenvalue weighted by atomic mass is 9.82. The van der Waals surface area contributed by atoms with E-state index < -0.39 is 5.54 Å². The van der Waals surface area contributed by atoms with Crippen LogP contribution in [0.2, 0.25) is 0 Å². The number of nitrogens with two attached hydrogens (primary N) is 1. The summed E-state index contributed by atoms with van der Waals surface area (Å²) >= 11 is 0. The Morgan fingerprint density at radius 2 is 1.96 bits per heavy atom. The minimum absolute atomic E-state index is 0. The second kappa shape index (κ2) is 10.5. The molecule has 0 unspecified atom stereocenters. The number of halogens is 1. The summed E-state index contributed by atoms with van der Waals surface area (Å²) in [5.41, 5.74) is 6.76. The third-order valence-corrected chi connectivity index (χ3v) is 4.65. The highest BCUT2D eigenvalue weighted by Gasteiger charge is 2.34. The molecule has 1 fully saturated rings. The zero-order chi connectivity index (χ0) is 17.4. The fourth-order valence-corrected chi connectivity index (χ4v) is 3.23. The van der Waals surface area contributed by atoms with Gasteiger partial charge in [-0.2, -0.15) is 0 Å². The maximum atomic E-state index is 12.3. The third-order valence-electron chi connectivity index (χ3n) is 4.65. The molecule has 0 heterocycles.